The number of carbonyl (C=O) groups is 1. The maximum absolute atomic E-state index is 11.2. The zero-order chi connectivity index (χ0) is 13.1. The first-order valence-corrected chi connectivity index (χ1v) is 7.04. The van der Waals surface area contributed by atoms with Crippen molar-refractivity contribution in [2.24, 2.45) is 0 Å². The van der Waals surface area contributed by atoms with Crippen molar-refractivity contribution in [3.05, 3.63) is 27.6 Å². The molecule has 1 heterocycles. The molecular formula is C12H12ClIN2O2. The Labute approximate surface area is 123 Å². The Balaban J connectivity index is 2.37. The molecule has 0 bridgehead atoms. The summed E-state index contributed by atoms with van der Waals surface area (Å²) in [7, 11) is 1.39. The molecule has 0 saturated carbocycles. The number of alkyl halides is 1. The lowest BCUT2D eigenvalue weighted by atomic mass is 10.3. The van der Waals surface area contributed by atoms with Crippen LogP contribution in [-0.4, -0.2) is 22.6 Å². The van der Waals surface area contributed by atoms with Crippen LogP contribution in [0.15, 0.2) is 18.2 Å². The number of rotatable bonds is 4. The highest BCUT2D eigenvalue weighted by Crippen LogP contribution is 2.20. The van der Waals surface area contributed by atoms with Gasteiger partial charge in [0.2, 0.25) is 0 Å². The molecule has 96 valence electrons. The monoisotopic (exact) mass is 378 g/mol. The summed E-state index contributed by atoms with van der Waals surface area (Å²) in [5, 5.41) is 0. The van der Waals surface area contributed by atoms with E-state index in [1.165, 1.54) is 7.11 Å². The molecule has 18 heavy (non-hydrogen) atoms. The number of esters is 1. The number of nitrogens with zero attached hydrogens (tertiary/aromatic N) is 2. The lowest BCUT2D eigenvalue weighted by Crippen LogP contribution is -2.09. The summed E-state index contributed by atoms with van der Waals surface area (Å²) in [6, 6.07) is 6.01. The molecule has 1 aromatic carbocycles. The standard InChI is InChI=1S/C12H12ClIN2O2/c1-18-12(17)4-5-16-10-3-2-8(14)6-9(10)15-11(16)7-13/h2-3,6H,4-5,7H2,1H3. The minimum atomic E-state index is -0.233. The van der Waals surface area contributed by atoms with Gasteiger partial charge in [0.15, 0.2) is 0 Å². The van der Waals surface area contributed by atoms with E-state index in [1.807, 2.05) is 22.8 Å². The van der Waals surface area contributed by atoms with Crippen molar-refractivity contribution in [3.63, 3.8) is 0 Å². The van der Waals surface area contributed by atoms with Crippen LogP contribution in [0.5, 0.6) is 0 Å². The fourth-order valence-electron chi connectivity index (χ4n) is 1.81. The molecule has 4 nitrogen and oxygen atoms in total. The van der Waals surface area contributed by atoms with Gasteiger partial charge in [-0.15, -0.1) is 11.6 Å². The van der Waals surface area contributed by atoms with E-state index < -0.39 is 0 Å². The quantitative estimate of drug-likeness (QED) is 0.467. The molecule has 0 aliphatic carbocycles. The number of aromatic nitrogens is 2. The van der Waals surface area contributed by atoms with Crippen LogP contribution in [0.4, 0.5) is 0 Å². The number of aryl methyl sites for hydroxylation is 1. The maximum atomic E-state index is 11.2. The highest BCUT2D eigenvalue weighted by Gasteiger charge is 2.11. The van der Waals surface area contributed by atoms with Crippen molar-refractivity contribution in [2.75, 3.05) is 7.11 Å². The summed E-state index contributed by atoms with van der Waals surface area (Å²) in [4.78, 5) is 15.7. The predicted octanol–water partition coefficient (Wildman–Crippen LogP) is 2.94. The molecule has 0 N–H and O–H groups in total. The van der Waals surface area contributed by atoms with Crippen LogP contribution in [0.2, 0.25) is 0 Å². The first kappa shape index (κ1) is 13.6. The van der Waals surface area contributed by atoms with Gasteiger partial charge in [-0.05, 0) is 40.8 Å². The molecule has 0 saturated heterocycles. The largest absolute Gasteiger partial charge is 0.469 e. The van der Waals surface area contributed by atoms with Gasteiger partial charge in [-0.2, -0.15) is 0 Å². The summed E-state index contributed by atoms with van der Waals surface area (Å²) in [5.74, 6) is 0.868. The molecule has 0 aliphatic rings. The molecule has 0 spiro atoms. The maximum Gasteiger partial charge on any atom is 0.307 e. The first-order valence-electron chi connectivity index (χ1n) is 5.43. The molecule has 1 aromatic heterocycles. The van der Waals surface area contributed by atoms with Gasteiger partial charge in [0.25, 0.3) is 0 Å². The fourth-order valence-corrected chi connectivity index (χ4v) is 2.49. The lowest BCUT2D eigenvalue weighted by molar-refractivity contribution is -0.140. The van der Waals surface area contributed by atoms with E-state index in [0.717, 1.165) is 20.4 Å². The Bertz CT molecular complexity index is 583. The van der Waals surface area contributed by atoms with Crippen LogP contribution in [0, 0.1) is 3.57 Å². The minimum absolute atomic E-state index is 0.233. The Kier molecular flexibility index (Phi) is 4.45. The molecule has 0 radical (unpaired) electrons. The number of ether oxygens (including phenoxy) is 1. The molecule has 0 atom stereocenters. The smallest absolute Gasteiger partial charge is 0.307 e. The number of benzene rings is 1. The Hall–Kier alpha value is -0.820. The van der Waals surface area contributed by atoms with E-state index in [9.17, 15) is 4.79 Å². The fraction of sp³-hybridized carbons (Fsp3) is 0.333. The number of methoxy groups -OCH3 is 1. The SMILES string of the molecule is COC(=O)CCn1c(CCl)nc2cc(I)ccc21. The molecule has 0 aliphatic heterocycles. The van der Waals surface area contributed by atoms with E-state index in [1.54, 1.807) is 0 Å². The van der Waals surface area contributed by atoms with Gasteiger partial charge in [0.1, 0.15) is 5.82 Å². The summed E-state index contributed by atoms with van der Waals surface area (Å²) < 4.78 is 7.74. The van der Waals surface area contributed by atoms with Crippen molar-refractivity contribution in [1.82, 2.24) is 9.55 Å². The van der Waals surface area contributed by atoms with E-state index in [2.05, 4.69) is 32.3 Å². The second kappa shape index (κ2) is 5.88. The second-order valence-electron chi connectivity index (χ2n) is 3.77. The summed E-state index contributed by atoms with van der Waals surface area (Å²) >= 11 is 8.13. The van der Waals surface area contributed by atoms with E-state index in [0.29, 0.717) is 18.8 Å². The zero-order valence-electron chi connectivity index (χ0n) is 9.82. The van der Waals surface area contributed by atoms with E-state index in [4.69, 9.17) is 11.6 Å². The van der Waals surface area contributed by atoms with Crippen LogP contribution in [0.25, 0.3) is 11.0 Å². The molecule has 2 rings (SSSR count). The molecule has 2 aromatic rings. The molecule has 6 heteroatoms. The topological polar surface area (TPSA) is 44.1 Å². The normalized spacial score (nSPS) is 10.8. The zero-order valence-corrected chi connectivity index (χ0v) is 12.7. The van der Waals surface area contributed by atoms with Crippen LogP contribution in [-0.2, 0) is 22.0 Å². The van der Waals surface area contributed by atoms with Crippen molar-refractivity contribution in [2.45, 2.75) is 18.8 Å². The summed E-state index contributed by atoms with van der Waals surface area (Å²) in [6.45, 7) is 0.534. The third kappa shape index (κ3) is 2.77. The summed E-state index contributed by atoms with van der Waals surface area (Å²) in [6.07, 6.45) is 0.317. The van der Waals surface area contributed by atoms with Crippen molar-refractivity contribution < 1.29 is 9.53 Å². The number of halogens is 2. The van der Waals surface area contributed by atoms with Crippen molar-refractivity contribution in [1.29, 1.82) is 0 Å². The van der Waals surface area contributed by atoms with Crippen LogP contribution in [0.1, 0.15) is 12.2 Å². The molecule has 0 unspecified atom stereocenters. The van der Waals surface area contributed by atoms with E-state index in [-0.39, 0.29) is 5.97 Å². The number of hydrogen-bond acceptors (Lipinski definition) is 3. The molecular weight excluding hydrogens is 367 g/mol. The summed E-state index contributed by atoms with van der Waals surface area (Å²) in [5.41, 5.74) is 1.90. The van der Waals surface area contributed by atoms with E-state index >= 15 is 0 Å². The third-order valence-corrected chi connectivity index (χ3v) is 3.59. The minimum Gasteiger partial charge on any atom is -0.469 e. The van der Waals surface area contributed by atoms with Crippen molar-refractivity contribution >= 4 is 51.2 Å². The number of hydrogen-bond donors (Lipinski definition) is 0. The van der Waals surface area contributed by atoms with Gasteiger partial charge in [0.05, 0.1) is 30.4 Å². The van der Waals surface area contributed by atoms with Gasteiger partial charge < -0.3 is 9.30 Å². The van der Waals surface area contributed by atoms with Gasteiger partial charge in [-0.1, -0.05) is 0 Å². The van der Waals surface area contributed by atoms with Crippen molar-refractivity contribution in [3.8, 4) is 0 Å². The second-order valence-corrected chi connectivity index (χ2v) is 5.29. The van der Waals surface area contributed by atoms with Crippen LogP contribution < -0.4 is 0 Å². The van der Waals surface area contributed by atoms with Crippen LogP contribution in [0.3, 0.4) is 0 Å². The average Bonchev–Trinajstić information content (AvgIpc) is 2.72. The van der Waals surface area contributed by atoms with Gasteiger partial charge >= 0.3 is 5.97 Å². The van der Waals surface area contributed by atoms with Gasteiger partial charge in [0, 0.05) is 10.1 Å². The van der Waals surface area contributed by atoms with Gasteiger partial charge in [-0.25, -0.2) is 4.98 Å². The Morgan fingerprint density at radius 2 is 2.33 bits per heavy atom. The highest BCUT2D eigenvalue weighted by atomic mass is 127. The molecule has 0 fully saturated rings. The predicted molar refractivity (Wildman–Crippen MR) is 78.6 cm³/mol. The van der Waals surface area contributed by atoms with Gasteiger partial charge in [-0.3, -0.25) is 4.79 Å². The highest BCUT2D eigenvalue weighted by molar-refractivity contribution is 14.1. The lowest BCUT2D eigenvalue weighted by Gasteiger charge is -2.06. The first-order chi connectivity index (χ1) is 8.65. The number of carbonyl (C=O) groups excluding carboxylic acids is 1. The Morgan fingerprint density at radius 1 is 1.56 bits per heavy atom. The van der Waals surface area contributed by atoms with Crippen LogP contribution >= 0.6 is 34.2 Å². The number of imidazole rings is 1. The molecule has 0 amide bonds. The number of fused-ring (bicyclic) bond motifs is 1. The third-order valence-electron chi connectivity index (χ3n) is 2.68. The Morgan fingerprint density at radius 3 is 3.00 bits per heavy atom. The average molecular weight is 379 g/mol.